The van der Waals surface area contributed by atoms with Crippen molar-refractivity contribution in [2.45, 2.75) is 31.7 Å². The molecule has 2 aromatic carbocycles. The van der Waals surface area contributed by atoms with Crippen LogP contribution in [0.3, 0.4) is 0 Å². The summed E-state index contributed by atoms with van der Waals surface area (Å²) in [4.78, 5) is 0.221. The molecule has 2 aromatic rings. The molecule has 0 saturated carbocycles. The first-order valence-electron chi connectivity index (χ1n) is 6.75. The number of rotatable bonds is 4. The van der Waals surface area contributed by atoms with Gasteiger partial charge in [0, 0.05) is 6.04 Å². The predicted octanol–water partition coefficient (Wildman–Crippen LogP) is 3.12. The number of nitrogens with two attached hydrogens (primary N) is 1. The first kappa shape index (κ1) is 15.5. The number of nitrogens with one attached hydrogen (secondary N) is 1. The minimum atomic E-state index is -3.61. The zero-order valence-electron chi connectivity index (χ0n) is 12.4. The Bertz CT molecular complexity index is 753. The maximum Gasteiger partial charge on any atom is 0.261 e. The van der Waals surface area contributed by atoms with Crippen LogP contribution in [0.4, 0.5) is 5.69 Å². The van der Waals surface area contributed by atoms with Crippen molar-refractivity contribution in [1.29, 1.82) is 0 Å². The molecular formula is C16H20N2O2S. The molecule has 0 saturated heterocycles. The van der Waals surface area contributed by atoms with Crippen LogP contribution in [-0.2, 0) is 10.0 Å². The molecule has 0 heterocycles. The number of benzene rings is 2. The zero-order valence-corrected chi connectivity index (χ0v) is 13.2. The highest BCUT2D eigenvalue weighted by Crippen LogP contribution is 2.22. The summed E-state index contributed by atoms with van der Waals surface area (Å²) < 4.78 is 27.6. The lowest BCUT2D eigenvalue weighted by Gasteiger charge is -2.13. The Hall–Kier alpha value is -1.85. The molecule has 3 N–H and O–H groups in total. The summed E-state index contributed by atoms with van der Waals surface area (Å²) in [5.41, 5.74) is 9.08. The fraction of sp³-hybridized carbons (Fsp3) is 0.250. The lowest BCUT2D eigenvalue weighted by atomic mass is 10.1. The van der Waals surface area contributed by atoms with Crippen molar-refractivity contribution in [3.8, 4) is 0 Å². The van der Waals surface area contributed by atoms with Crippen molar-refractivity contribution in [3.05, 3.63) is 59.2 Å². The maximum absolute atomic E-state index is 12.5. The fourth-order valence-electron chi connectivity index (χ4n) is 2.01. The van der Waals surface area contributed by atoms with Gasteiger partial charge in [-0.2, -0.15) is 0 Å². The molecule has 5 heteroatoms. The molecule has 112 valence electrons. The molecular weight excluding hydrogens is 284 g/mol. The van der Waals surface area contributed by atoms with Crippen molar-refractivity contribution >= 4 is 15.7 Å². The van der Waals surface area contributed by atoms with Gasteiger partial charge in [0.2, 0.25) is 0 Å². The van der Waals surface area contributed by atoms with Gasteiger partial charge in [-0.15, -0.1) is 0 Å². The molecule has 0 fully saturated rings. The fourth-order valence-corrected chi connectivity index (χ4v) is 3.19. The molecule has 21 heavy (non-hydrogen) atoms. The highest BCUT2D eigenvalue weighted by molar-refractivity contribution is 7.92. The Kier molecular flexibility index (Phi) is 4.34. The normalized spacial score (nSPS) is 13.0. The Morgan fingerprint density at radius 1 is 1.10 bits per heavy atom. The Morgan fingerprint density at radius 3 is 2.48 bits per heavy atom. The number of hydrogen-bond acceptors (Lipinski definition) is 3. The van der Waals surface area contributed by atoms with Gasteiger partial charge in [0.15, 0.2) is 0 Å². The van der Waals surface area contributed by atoms with Crippen molar-refractivity contribution in [1.82, 2.24) is 0 Å². The summed E-state index contributed by atoms with van der Waals surface area (Å²) in [6.07, 6.45) is 0. The van der Waals surface area contributed by atoms with Crippen molar-refractivity contribution in [3.63, 3.8) is 0 Å². The average molecular weight is 304 g/mol. The molecule has 1 atom stereocenters. The molecule has 0 amide bonds. The van der Waals surface area contributed by atoms with Gasteiger partial charge in [-0.25, -0.2) is 8.42 Å². The Labute approximate surface area is 126 Å². The highest BCUT2D eigenvalue weighted by Gasteiger charge is 2.16. The van der Waals surface area contributed by atoms with Gasteiger partial charge in [-0.1, -0.05) is 24.3 Å². The zero-order chi connectivity index (χ0) is 15.6. The number of anilines is 1. The summed E-state index contributed by atoms with van der Waals surface area (Å²) in [6.45, 7) is 5.62. The van der Waals surface area contributed by atoms with E-state index in [-0.39, 0.29) is 10.9 Å². The van der Waals surface area contributed by atoms with Crippen molar-refractivity contribution in [2.75, 3.05) is 4.72 Å². The standard InChI is InChI=1S/C16H20N2O2S/c1-11-7-8-12(2)16(9-11)18-21(19,20)15-6-4-5-14(10-15)13(3)17/h4-10,13,18H,17H2,1-3H3. The average Bonchev–Trinajstić information content (AvgIpc) is 2.43. The monoisotopic (exact) mass is 304 g/mol. The molecule has 4 nitrogen and oxygen atoms in total. The van der Waals surface area contributed by atoms with E-state index in [0.29, 0.717) is 5.69 Å². The van der Waals surface area contributed by atoms with E-state index in [1.807, 2.05) is 45.0 Å². The predicted molar refractivity (Wildman–Crippen MR) is 85.8 cm³/mol. The van der Waals surface area contributed by atoms with Crippen LogP contribution in [0.2, 0.25) is 0 Å². The van der Waals surface area contributed by atoms with Gasteiger partial charge in [0.05, 0.1) is 10.6 Å². The molecule has 1 unspecified atom stereocenters. The first-order chi connectivity index (χ1) is 9.79. The number of aryl methyl sites for hydroxylation is 2. The van der Waals surface area contributed by atoms with Crippen LogP contribution in [-0.4, -0.2) is 8.42 Å². The lowest BCUT2D eigenvalue weighted by molar-refractivity contribution is 0.601. The minimum absolute atomic E-state index is 0.208. The van der Waals surface area contributed by atoms with Crippen LogP contribution in [0.1, 0.15) is 29.7 Å². The first-order valence-corrected chi connectivity index (χ1v) is 8.23. The molecule has 0 radical (unpaired) electrons. The van der Waals surface area contributed by atoms with Crippen LogP contribution in [0.5, 0.6) is 0 Å². The molecule has 0 aliphatic rings. The topological polar surface area (TPSA) is 72.2 Å². The van der Waals surface area contributed by atoms with E-state index in [1.165, 1.54) is 0 Å². The van der Waals surface area contributed by atoms with Crippen molar-refractivity contribution < 1.29 is 8.42 Å². The van der Waals surface area contributed by atoms with Crippen LogP contribution in [0, 0.1) is 13.8 Å². The highest BCUT2D eigenvalue weighted by atomic mass is 32.2. The molecule has 0 bridgehead atoms. The van der Waals surface area contributed by atoms with Gasteiger partial charge in [-0.3, -0.25) is 4.72 Å². The second-order valence-electron chi connectivity index (χ2n) is 5.29. The largest absolute Gasteiger partial charge is 0.324 e. The van der Waals surface area contributed by atoms with E-state index in [0.717, 1.165) is 16.7 Å². The second-order valence-corrected chi connectivity index (χ2v) is 6.97. The van der Waals surface area contributed by atoms with E-state index >= 15 is 0 Å². The van der Waals surface area contributed by atoms with Crippen LogP contribution < -0.4 is 10.5 Å². The molecule has 0 aliphatic carbocycles. The third kappa shape index (κ3) is 3.62. The third-order valence-corrected chi connectivity index (χ3v) is 4.69. The van der Waals surface area contributed by atoms with Crippen molar-refractivity contribution in [2.24, 2.45) is 5.73 Å². The van der Waals surface area contributed by atoms with E-state index in [4.69, 9.17) is 5.73 Å². The van der Waals surface area contributed by atoms with Crippen LogP contribution >= 0.6 is 0 Å². The SMILES string of the molecule is Cc1ccc(C)c(NS(=O)(=O)c2cccc(C(C)N)c2)c1. The molecule has 0 aromatic heterocycles. The van der Waals surface area contributed by atoms with E-state index in [1.54, 1.807) is 18.2 Å². The summed E-state index contributed by atoms with van der Waals surface area (Å²) in [5, 5.41) is 0. The number of sulfonamides is 1. The van der Waals surface area contributed by atoms with Gasteiger partial charge >= 0.3 is 0 Å². The van der Waals surface area contributed by atoms with Gasteiger partial charge in [-0.05, 0) is 55.7 Å². The summed E-state index contributed by atoms with van der Waals surface area (Å²) in [7, 11) is -3.61. The lowest BCUT2D eigenvalue weighted by Crippen LogP contribution is -2.15. The Balaban J connectivity index is 2.38. The minimum Gasteiger partial charge on any atom is -0.324 e. The maximum atomic E-state index is 12.5. The van der Waals surface area contributed by atoms with Gasteiger partial charge in [0.1, 0.15) is 0 Å². The van der Waals surface area contributed by atoms with Gasteiger partial charge in [0.25, 0.3) is 10.0 Å². The summed E-state index contributed by atoms with van der Waals surface area (Å²) in [6, 6.07) is 12.2. The quantitative estimate of drug-likeness (QED) is 0.911. The van der Waals surface area contributed by atoms with E-state index in [2.05, 4.69) is 4.72 Å². The Morgan fingerprint density at radius 2 is 1.81 bits per heavy atom. The van der Waals surface area contributed by atoms with E-state index in [9.17, 15) is 8.42 Å². The smallest absolute Gasteiger partial charge is 0.261 e. The second kappa shape index (κ2) is 5.87. The van der Waals surface area contributed by atoms with Crippen LogP contribution in [0.15, 0.2) is 47.4 Å². The number of hydrogen-bond donors (Lipinski definition) is 2. The molecule has 0 aliphatic heterocycles. The van der Waals surface area contributed by atoms with E-state index < -0.39 is 10.0 Å². The summed E-state index contributed by atoms with van der Waals surface area (Å²) in [5.74, 6) is 0. The van der Waals surface area contributed by atoms with Gasteiger partial charge < -0.3 is 5.73 Å². The third-order valence-electron chi connectivity index (χ3n) is 3.33. The molecule has 0 spiro atoms. The van der Waals surface area contributed by atoms with Crippen LogP contribution in [0.25, 0.3) is 0 Å². The molecule has 2 rings (SSSR count). The summed E-state index contributed by atoms with van der Waals surface area (Å²) >= 11 is 0.